The number of piperidine rings is 1. The standard InChI is InChI=1S/C13H13NO3/c15-13(14-5-9-3-10(9)6-14)8-1-2-11-12(4-8)17-7-16-11/h1-2,4,9-10H,3,5-7H2. The topological polar surface area (TPSA) is 38.8 Å². The average Bonchev–Trinajstić information content (AvgIpc) is 2.82. The lowest BCUT2D eigenvalue weighted by Crippen LogP contribution is -2.30. The van der Waals surface area contributed by atoms with E-state index in [1.54, 1.807) is 6.07 Å². The quantitative estimate of drug-likeness (QED) is 0.735. The molecule has 4 nitrogen and oxygen atoms in total. The van der Waals surface area contributed by atoms with Crippen LogP contribution in [0.1, 0.15) is 16.8 Å². The smallest absolute Gasteiger partial charge is 0.254 e. The number of nitrogens with zero attached hydrogens (tertiary/aromatic N) is 1. The van der Waals surface area contributed by atoms with Gasteiger partial charge in [0.05, 0.1) is 0 Å². The van der Waals surface area contributed by atoms with Gasteiger partial charge in [0.1, 0.15) is 0 Å². The third-order valence-corrected chi connectivity index (χ3v) is 3.89. The number of carbonyl (C=O) groups is 1. The van der Waals surface area contributed by atoms with Gasteiger partial charge in [-0.05, 0) is 36.5 Å². The molecule has 2 unspecified atom stereocenters. The van der Waals surface area contributed by atoms with Crippen LogP contribution in [0.5, 0.6) is 11.5 Å². The van der Waals surface area contributed by atoms with E-state index in [9.17, 15) is 4.79 Å². The first-order valence-electron chi connectivity index (χ1n) is 6.00. The summed E-state index contributed by atoms with van der Waals surface area (Å²) < 4.78 is 10.5. The second-order valence-corrected chi connectivity index (χ2v) is 5.03. The van der Waals surface area contributed by atoms with Gasteiger partial charge in [0.25, 0.3) is 5.91 Å². The second-order valence-electron chi connectivity index (χ2n) is 5.03. The second kappa shape index (κ2) is 3.15. The van der Waals surface area contributed by atoms with Crippen LogP contribution in [-0.2, 0) is 0 Å². The Morgan fingerprint density at radius 1 is 1.18 bits per heavy atom. The molecule has 2 heterocycles. The van der Waals surface area contributed by atoms with Gasteiger partial charge in [-0.3, -0.25) is 4.79 Å². The predicted molar refractivity (Wildman–Crippen MR) is 60.1 cm³/mol. The van der Waals surface area contributed by atoms with Gasteiger partial charge < -0.3 is 14.4 Å². The van der Waals surface area contributed by atoms with Gasteiger partial charge in [0.15, 0.2) is 11.5 Å². The summed E-state index contributed by atoms with van der Waals surface area (Å²) >= 11 is 0. The van der Waals surface area contributed by atoms with Crippen LogP contribution in [0, 0.1) is 11.8 Å². The molecule has 1 aliphatic carbocycles. The van der Waals surface area contributed by atoms with E-state index in [2.05, 4.69) is 0 Å². The van der Waals surface area contributed by atoms with Crippen molar-refractivity contribution in [1.82, 2.24) is 4.90 Å². The first-order chi connectivity index (χ1) is 8.31. The van der Waals surface area contributed by atoms with Crippen molar-refractivity contribution in [3.63, 3.8) is 0 Å². The molecule has 0 aromatic heterocycles. The molecule has 1 aromatic carbocycles. The Labute approximate surface area is 99.1 Å². The van der Waals surface area contributed by atoms with Crippen LogP contribution < -0.4 is 9.47 Å². The molecule has 2 atom stereocenters. The summed E-state index contributed by atoms with van der Waals surface area (Å²) in [4.78, 5) is 14.2. The summed E-state index contributed by atoms with van der Waals surface area (Å²) in [6.07, 6.45) is 1.31. The Morgan fingerprint density at radius 3 is 2.76 bits per heavy atom. The van der Waals surface area contributed by atoms with Crippen LogP contribution in [0.25, 0.3) is 0 Å². The lowest BCUT2D eigenvalue weighted by molar-refractivity contribution is 0.0775. The fourth-order valence-corrected chi connectivity index (χ4v) is 2.78. The molecular weight excluding hydrogens is 218 g/mol. The molecule has 1 amide bonds. The van der Waals surface area contributed by atoms with Gasteiger partial charge in [-0.15, -0.1) is 0 Å². The molecule has 1 saturated carbocycles. The number of carbonyl (C=O) groups excluding carboxylic acids is 1. The Bertz CT molecular complexity index is 489. The van der Waals surface area contributed by atoms with E-state index in [4.69, 9.17) is 9.47 Å². The van der Waals surface area contributed by atoms with Gasteiger partial charge in [-0.1, -0.05) is 0 Å². The molecule has 4 rings (SSSR count). The molecule has 17 heavy (non-hydrogen) atoms. The number of fused-ring (bicyclic) bond motifs is 2. The summed E-state index contributed by atoms with van der Waals surface area (Å²) in [6.45, 7) is 2.11. The molecule has 1 aromatic rings. The lowest BCUT2D eigenvalue weighted by atomic mass is 10.1. The predicted octanol–water partition coefficient (Wildman–Crippen LogP) is 1.51. The Morgan fingerprint density at radius 2 is 1.94 bits per heavy atom. The first-order valence-corrected chi connectivity index (χ1v) is 6.00. The van der Waals surface area contributed by atoms with Crippen molar-refractivity contribution in [2.45, 2.75) is 6.42 Å². The minimum absolute atomic E-state index is 0.121. The Kier molecular flexibility index (Phi) is 1.73. The zero-order valence-corrected chi connectivity index (χ0v) is 9.39. The average molecular weight is 231 g/mol. The normalized spacial score (nSPS) is 28.1. The van der Waals surface area contributed by atoms with E-state index in [-0.39, 0.29) is 12.7 Å². The van der Waals surface area contributed by atoms with E-state index in [1.807, 2.05) is 17.0 Å². The summed E-state index contributed by atoms with van der Waals surface area (Å²) in [5, 5.41) is 0. The van der Waals surface area contributed by atoms with Crippen LogP contribution in [0.15, 0.2) is 18.2 Å². The van der Waals surface area contributed by atoms with Gasteiger partial charge in [-0.2, -0.15) is 0 Å². The minimum atomic E-state index is 0.121. The highest BCUT2D eigenvalue weighted by Gasteiger charge is 2.46. The van der Waals surface area contributed by atoms with E-state index < -0.39 is 0 Å². The monoisotopic (exact) mass is 231 g/mol. The van der Waals surface area contributed by atoms with Crippen LogP contribution in [0.3, 0.4) is 0 Å². The van der Waals surface area contributed by atoms with Gasteiger partial charge in [-0.25, -0.2) is 0 Å². The number of hydrogen-bond acceptors (Lipinski definition) is 3. The largest absolute Gasteiger partial charge is 0.454 e. The summed E-state index contributed by atoms with van der Waals surface area (Å²) in [5.74, 6) is 3.07. The summed E-state index contributed by atoms with van der Waals surface area (Å²) in [6, 6.07) is 5.42. The number of hydrogen-bond donors (Lipinski definition) is 0. The highest BCUT2D eigenvalue weighted by molar-refractivity contribution is 5.95. The molecule has 0 N–H and O–H groups in total. The van der Waals surface area contributed by atoms with Crippen LogP contribution in [-0.4, -0.2) is 30.7 Å². The molecular formula is C13H13NO3. The van der Waals surface area contributed by atoms with E-state index in [0.29, 0.717) is 11.3 Å². The third-order valence-electron chi connectivity index (χ3n) is 3.89. The molecule has 0 bridgehead atoms. The van der Waals surface area contributed by atoms with E-state index in [0.717, 1.165) is 30.7 Å². The van der Waals surface area contributed by atoms with E-state index in [1.165, 1.54) is 6.42 Å². The van der Waals surface area contributed by atoms with Gasteiger partial charge in [0.2, 0.25) is 6.79 Å². The number of benzene rings is 1. The van der Waals surface area contributed by atoms with Crippen molar-refractivity contribution < 1.29 is 14.3 Å². The molecule has 2 aliphatic heterocycles. The Balaban J connectivity index is 1.59. The zero-order valence-electron chi connectivity index (χ0n) is 9.39. The SMILES string of the molecule is O=C(c1ccc2c(c1)OCO2)N1CC2CC2C1. The molecule has 4 heteroatoms. The van der Waals surface area contributed by atoms with Crippen molar-refractivity contribution >= 4 is 5.91 Å². The summed E-state index contributed by atoms with van der Waals surface area (Å²) in [5.41, 5.74) is 0.704. The third kappa shape index (κ3) is 1.40. The zero-order chi connectivity index (χ0) is 11.4. The lowest BCUT2D eigenvalue weighted by Gasteiger charge is -2.17. The van der Waals surface area contributed by atoms with Crippen molar-refractivity contribution in [1.29, 1.82) is 0 Å². The van der Waals surface area contributed by atoms with Crippen LogP contribution >= 0.6 is 0 Å². The number of ether oxygens (including phenoxy) is 2. The first kappa shape index (κ1) is 9.33. The van der Waals surface area contributed by atoms with Gasteiger partial charge in [0, 0.05) is 18.7 Å². The number of amides is 1. The highest BCUT2D eigenvalue weighted by atomic mass is 16.7. The maximum Gasteiger partial charge on any atom is 0.254 e. The van der Waals surface area contributed by atoms with Gasteiger partial charge >= 0.3 is 0 Å². The maximum atomic E-state index is 12.2. The molecule has 2 fully saturated rings. The maximum absolute atomic E-state index is 12.2. The number of rotatable bonds is 1. The summed E-state index contributed by atoms with van der Waals surface area (Å²) in [7, 11) is 0. The van der Waals surface area contributed by atoms with E-state index >= 15 is 0 Å². The van der Waals surface area contributed by atoms with Crippen LogP contribution in [0.4, 0.5) is 0 Å². The highest BCUT2D eigenvalue weighted by Crippen LogP contribution is 2.45. The fourth-order valence-electron chi connectivity index (χ4n) is 2.78. The fraction of sp³-hybridized carbons (Fsp3) is 0.462. The number of likely N-dealkylation sites (tertiary alicyclic amines) is 1. The van der Waals surface area contributed by atoms with Crippen molar-refractivity contribution in [3.05, 3.63) is 23.8 Å². The molecule has 0 radical (unpaired) electrons. The Hall–Kier alpha value is -1.71. The van der Waals surface area contributed by atoms with Crippen molar-refractivity contribution in [2.75, 3.05) is 19.9 Å². The van der Waals surface area contributed by atoms with Crippen LogP contribution in [0.2, 0.25) is 0 Å². The van der Waals surface area contributed by atoms with Crippen molar-refractivity contribution in [3.8, 4) is 11.5 Å². The molecule has 88 valence electrons. The molecule has 0 spiro atoms. The minimum Gasteiger partial charge on any atom is -0.454 e. The molecule has 3 aliphatic rings. The van der Waals surface area contributed by atoms with Crippen molar-refractivity contribution in [2.24, 2.45) is 11.8 Å². The molecule has 1 saturated heterocycles.